The Balaban J connectivity index is 4.19. The highest BCUT2D eigenvalue weighted by atomic mass is 16.5. The number of carboxylic acid groups (broad SMARTS) is 1. The molecule has 104 valence electrons. The fourth-order valence-corrected chi connectivity index (χ4v) is 1.38. The minimum atomic E-state index is -1.06. The molecule has 18 heavy (non-hydrogen) atoms. The minimum absolute atomic E-state index is 0.0352. The number of carboxylic acids is 1. The summed E-state index contributed by atoms with van der Waals surface area (Å²) < 4.78 is 4.68. The molecule has 2 atom stereocenters. The predicted molar refractivity (Wildman–Crippen MR) is 64.9 cm³/mol. The third-order valence-electron chi connectivity index (χ3n) is 2.66. The molecule has 0 saturated carbocycles. The number of amides is 1. The molecule has 0 aliphatic rings. The Morgan fingerprint density at radius 1 is 1.22 bits per heavy atom. The molecule has 0 bridgehead atoms. The van der Waals surface area contributed by atoms with Gasteiger partial charge in [-0.15, -0.1) is 0 Å². The number of ether oxygens (including phenoxy) is 1. The number of carbonyl (C=O) groups excluding carboxylic acids is 2. The van der Waals surface area contributed by atoms with Crippen LogP contribution in [0.3, 0.4) is 0 Å². The van der Waals surface area contributed by atoms with E-state index in [4.69, 9.17) is 5.11 Å². The van der Waals surface area contributed by atoms with Crippen LogP contribution >= 0.6 is 0 Å². The first-order valence-electron chi connectivity index (χ1n) is 6.10. The molecular formula is C12H21NO5. The molecule has 0 rings (SSSR count). The molecule has 0 saturated heterocycles. The van der Waals surface area contributed by atoms with Crippen LogP contribution < -0.4 is 5.32 Å². The van der Waals surface area contributed by atoms with Gasteiger partial charge in [0.1, 0.15) is 6.04 Å². The smallest absolute Gasteiger partial charge is 0.326 e. The zero-order chi connectivity index (χ0) is 14.1. The highest BCUT2D eigenvalue weighted by Crippen LogP contribution is 2.08. The normalized spacial score (nSPS) is 13.5. The van der Waals surface area contributed by atoms with Gasteiger partial charge in [-0.05, 0) is 12.8 Å². The lowest BCUT2D eigenvalue weighted by Crippen LogP contribution is -2.45. The number of carbonyl (C=O) groups is 3. The van der Waals surface area contributed by atoms with E-state index in [2.05, 4.69) is 10.1 Å². The van der Waals surface area contributed by atoms with E-state index in [9.17, 15) is 14.4 Å². The van der Waals surface area contributed by atoms with E-state index in [0.29, 0.717) is 6.42 Å². The molecule has 0 spiro atoms. The van der Waals surface area contributed by atoms with Crippen LogP contribution in [0.15, 0.2) is 0 Å². The molecule has 0 aliphatic heterocycles. The molecule has 0 aromatic rings. The lowest BCUT2D eigenvalue weighted by molar-refractivity contribution is -0.145. The van der Waals surface area contributed by atoms with Crippen molar-refractivity contribution < 1.29 is 24.2 Å². The average molecular weight is 259 g/mol. The number of nitrogens with one attached hydrogen (secondary N) is 1. The van der Waals surface area contributed by atoms with Crippen LogP contribution in [0.1, 0.15) is 40.0 Å². The summed E-state index contributed by atoms with van der Waals surface area (Å²) in [6.07, 6.45) is 0.556. The van der Waals surface area contributed by atoms with E-state index in [-0.39, 0.29) is 25.4 Å². The molecule has 0 radical (unpaired) electrons. The van der Waals surface area contributed by atoms with Crippen molar-refractivity contribution >= 4 is 17.8 Å². The molecule has 0 unspecified atom stereocenters. The first-order valence-corrected chi connectivity index (χ1v) is 6.10. The maximum Gasteiger partial charge on any atom is 0.326 e. The Bertz CT molecular complexity index is 303. The summed E-state index contributed by atoms with van der Waals surface area (Å²) in [7, 11) is 0. The first kappa shape index (κ1) is 16.4. The second-order valence-electron chi connectivity index (χ2n) is 4.07. The van der Waals surface area contributed by atoms with Crippen LogP contribution in [0.4, 0.5) is 0 Å². The van der Waals surface area contributed by atoms with Crippen molar-refractivity contribution in [2.24, 2.45) is 5.92 Å². The summed E-state index contributed by atoms with van der Waals surface area (Å²) in [5.74, 6) is -2.12. The largest absolute Gasteiger partial charge is 0.480 e. The summed E-state index contributed by atoms with van der Waals surface area (Å²) in [6, 6.07) is -0.912. The number of aliphatic carboxylic acids is 1. The first-order chi connectivity index (χ1) is 8.42. The van der Waals surface area contributed by atoms with Crippen molar-refractivity contribution in [1.82, 2.24) is 5.32 Å². The van der Waals surface area contributed by atoms with Gasteiger partial charge in [-0.2, -0.15) is 0 Å². The van der Waals surface area contributed by atoms with Gasteiger partial charge < -0.3 is 15.2 Å². The maximum atomic E-state index is 11.5. The van der Waals surface area contributed by atoms with E-state index >= 15 is 0 Å². The molecular weight excluding hydrogens is 238 g/mol. The summed E-state index contributed by atoms with van der Waals surface area (Å²) in [4.78, 5) is 33.5. The molecule has 6 nitrogen and oxygen atoms in total. The van der Waals surface area contributed by atoms with Crippen molar-refractivity contribution in [3.05, 3.63) is 0 Å². The maximum absolute atomic E-state index is 11.5. The van der Waals surface area contributed by atoms with Crippen LogP contribution in [0.25, 0.3) is 0 Å². The van der Waals surface area contributed by atoms with Gasteiger partial charge in [-0.25, -0.2) is 4.79 Å². The molecule has 1 amide bonds. The van der Waals surface area contributed by atoms with E-state index in [1.807, 2.05) is 6.92 Å². The van der Waals surface area contributed by atoms with Crippen molar-refractivity contribution in [1.29, 1.82) is 0 Å². The van der Waals surface area contributed by atoms with Gasteiger partial charge in [0.2, 0.25) is 5.91 Å². The summed E-state index contributed by atoms with van der Waals surface area (Å²) in [5.41, 5.74) is 0. The van der Waals surface area contributed by atoms with Gasteiger partial charge in [0.15, 0.2) is 0 Å². The monoisotopic (exact) mass is 259 g/mol. The van der Waals surface area contributed by atoms with E-state index < -0.39 is 23.9 Å². The SMILES string of the molecule is CCOC(=O)CCC(=O)N[C@@H](C(=O)O)[C@@H](C)CC. The second-order valence-corrected chi connectivity index (χ2v) is 4.07. The number of hydrogen-bond acceptors (Lipinski definition) is 4. The van der Waals surface area contributed by atoms with Crippen molar-refractivity contribution in [3.8, 4) is 0 Å². The van der Waals surface area contributed by atoms with Crippen LogP contribution in [0.2, 0.25) is 0 Å². The zero-order valence-corrected chi connectivity index (χ0v) is 11.1. The topological polar surface area (TPSA) is 92.7 Å². The van der Waals surface area contributed by atoms with E-state index in [0.717, 1.165) is 0 Å². The molecule has 0 aromatic heterocycles. The zero-order valence-electron chi connectivity index (χ0n) is 11.1. The molecule has 0 aliphatic carbocycles. The highest BCUT2D eigenvalue weighted by Gasteiger charge is 2.25. The number of rotatable bonds is 8. The fourth-order valence-electron chi connectivity index (χ4n) is 1.38. The van der Waals surface area contributed by atoms with Crippen molar-refractivity contribution in [2.45, 2.75) is 46.1 Å². The van der Waals surface area contributed by atoms with Gasteiger partial charge in [0.25, 0.3) is 0 Å². The Morgan fingerprint density at radius 3 is 2.28 bits per heavy atom. The van der Waals surface area contributed by atoms with Crippen molar-refractivity contribution in [3.63, 3.8) is 0 Å². The minimum Gasteiger partial charge on any atom is -0.480 e. The van der Waals surface area contributed by atoms with E-state index in [1.165, 1.54) is 0 Å². The van der Waals surface area contributed by atoms with Gasteiger partial charge >= 0.3 is 11.9 Å². The lowest BCUT2D eigenvalue weighted by atomic mass is 9.99. The summed E-state index contributed by atoms with van der Waals surface area (Å²) in [6.45, 7) is 5.56. The van der Waals surface area contributed by atoms with Crippen molar-refractivity contribution in [2.75, 3.05) is 6.61 Å². The predicted octanol–water partition coefficient (Wildman–Crippen LogP) is 0.945. The van der Waals surface area contributed by atoms with Gasteiger partial charge in [0.05, 0.1) is 13.0 Å². The van der Waals surface area contributed by atoms with Gasteiger partial charge in [0, 0.05) is 6.42 Å². The molecule has 0 aromatic carbocycles. The third-order valence-corrected chi connectivity index (χ3v) is 2.66. The van der Waals surface area contributed by atoms with Crippen LogP contribution in [-0.4, -0.2) is 35.6 Å². The third kappa shape index (κ3) is 6.22. The Morgan fingerprint density at radius 2 is 1.83 bits per heavy atom. The Kier molecular flexibility index (Phi) is 7.74. The standard InChI is InChI=1S/C12H21NO5/c1-4-8(3)11(12(16)17)13-9(14)6-7-10(15)18-5-2/h8,11H,4-7H2,1-3H3,(H,13,14)(H,16,17)/t8-,11+/m0/s1. The molecule has 0 fully saturated rings. The van der Waals surface area contributed by atoms with Gasteiger partial charge in [-0.3, -0.25) is 9.59 Å². The highest BCUT2D eigenvalue weighted by molar-refractivity contribution is 5.85. The summed E-state index contributed by atoms with van der Waals surface area (Å²) >= 11 is 0. The Labute approximate surface area is 107 Å². The molecule has 2 N–H and O–H groups in total. The van der Waals surface area contributed by atoms with E-state index in [1.54, 1.807) is 13.8 Å². The number of hydrogen-bond donors (Lipinski definition) is 2. The fraction of sp³-hybridized carbons (Fsp3) is 0.750. The molecule has 6 heteroatoms. The summed E-state index contributed by atoms with van der Waals surface area (Å²) in [5, 5.41) is 11.4. The van der Waals surface area contributed by atoms with Crippen LogP contribution in [0.5, 0.6) is 0 Å². The Hall–Kier alpha value is -1.59. The number of esters is 1. The van der Waals surface area contributed by atoms with Crippen LogP contribution in [-0.2, 0) is 19.1 Å². The second kappa shape index (κ2) is 8.49. The van der Waals surface area contributed by atoms with Gasteiger partial charge in [-0.1, -0.05) is 20.3 Å². The van der Waals surface area contributed by atoms with Crippen LogP contribution in [0, 0.1) is 5.92 Å². The quantitative estimate of drug-likeness (QED) is 0.633. The molecule has 0 heterocycles. The lowest BCUT2D eigenvalue weighted by Gasteiger charge is -2.19. The average Bonchev–Trinajstić information content (AvgIpc) is 2.32.